The Hall–Kier alpha value is -2.89. The number of hydrogen-bond donors (Lipinski definition) is 0. The number of ether oxygens (including phenoxy) is 2. The third-order valence-electron chi connectivity index (χ3n) is 3.59. The summed E-state index contributed by atoms with van der Waals surface area (Å²) >= 11 is 0. The average molecular weight is 312 g/mol. The molecule has 2 aromatic rings. The number of benzene rings is 1. The van der Waals surface area contributed by atoms with E-state index in [-0.39, 0.29) is 12.5 Å². The fourth-order valence-corrected chi connectivity index (χ4v) is 2.48. The monoisotopic (exact) mass is 312 g/mol. The molecule has 0 spiro atoms. The first kappa shape index (κ1) is 15.0. The maximum atomic E-state index is 12.8. The normalized spacial score (nSPS) is 16.3. The maximum Gasteiger partial charge on any atom is 0.348 e. The van der Waals surface area contributed by atoms with Gasteiger partial charge < -0.3 is 9.47 Å². The van der Waals surface area contributed by atoms with Crippen LogP contribution in [0.25, 0.3) is 0 Å². The quantitative estimate of drug-likeness (QED) is 0.793. The smallest absolute Gasteiger partial charge is 0.348 e. The van der Waals surface area contributed by atoms with Gasteiger partial charge in [0.2, 0.25) is 6.10 Å². The van der Waals surface area contributed by atoms with E-state index in [4.69, 9.17) is 9.47 Å². The lowest BCUT2D eigenvalue weighted by atomic mass is 10.1. The minimum absolute atomic E-state index is 0.0815. The van der Waals surface area contributed by atoms with Crippen molar-refractivity contribution in [1.82, 2.24) is 4.98 Å². The Morgan fingerprint density at radius 1 is 1.22 bits per heavy atom. The van der Waals surface area contributed by atoms with Crippen LogP contribution in [0.3, 0.4) is 0 Å². The third kappa shape index (κ3) is 2.88. The Labute approximate surface area is 133 Å². The summed E-state index contributed by atoms with van der Waals surface area (Å²) in [5.74, 6) is -0.331. The van der Waals surface area contributed by atoms with E-state index in [9.17, 15) is 9.59 Å². The molecule has 6 nitrogen and oxygen atoms in total. The van der Waals surface area contributed by atoms with Gasteiger partial charge in [-0.05, 0) is 31.2 Å². The van der Waals surface area contributed by atoms with Crippen molar-refractivity contribution in [3.05, 3.63) is 53.9 Å². The number of nitrogens with zero attached hydrogens (tertiary/aromatic N) is 2. The molecule has 1 aromatic heterocycles. The van der Waals surface area contributed by atoms with E-state index in [1.807, 2.05) is 19.1 Å². The van der Waals surface area contributed by atoms with Crippen molar-refractivity contribution in [2.45, 2.75) is 13.0 Å². The number of amides is 1. The van der Waals surface area contributed by atoms with Crippen LogP contribution in [0, 0.1) is 6.92 Å². The molecule has 6 heteroatoms. The zero-order chi connectivity index (χ0) is 16.4. The summed E-state index contributed by atoms with van der Waals surface area (Å²) in [6.45, 7) is 1.90. The summed E-state index contributed by atoms with van der Waals surface area (Å²) in [4.78, 5) is 30.4. The summed E-state index contributed by atoms with van der Waals surface area (Å²) in [5, 5.41) is 0. The van der Waals surface area contributed by atoms with Crippen molar-refractivity contribution in [1.29, 1.82) is 0 Å². The number of rotatable bonds is 2. The van der Waals surface area contributed by atoms with Crippen molar-refractivity contribution in [2.75, 3.05) is 18.6 Å². The van der Waals surface area contributed by atoms with Crippen LogP contribution < -0.4 is 9.64 Å². The molecular formula is C17H16N2O4. The minimum atomic E-state index is -0.858. The van der Waals surface area contributed by atoms with Crippen LogP contribution in [0.1, 0.15) is 16.2 Å². The van der Waals surface area contributed by atoms with Crippen LogP contribution in [0.5, 0.6) is 5.75 Å². The maximum absolute atomic E-state index is 12.8. The molecule has 0 aliphatic carbocycles. The molecule has 1 atom stereocenters. The predicted octanol–water partition coefficient (Wildman–Crippen LogP) is 1.97. The number of anilines is 1. The van der Waals surface area contributed by atoms with Crippen molar-refractivity contribution in [2.24, 2.45) is 0 Å². The van der Waals surface area contributed by atoms with E-state index < -0.39 is 12.1 Å². The lowest BCUT2D eigenvalue weighted by Gasteiger charge is -2.33. The van der Waals surface area contributed by atoms with E-state index in [1.165, 1.54) is 12.0 Å². The number of fused-ring (bicyclic) bond motifs is 1. The van der Waals surface area contributed by atoms with E-state index in [0.29, 0.717) is 17.1 Å². The van der Waals surface area contributed by atoms with E-state index in [0.717, 1.165) is 5.69 Å². The number of para-hydroxylation sites is 2. The van der Waals surface area contributed by atoms with Gasteiger partial charge in [0.1, 0.15) is 11.4 Å². The third-order valence-corrected chi connectivity index (χ3v) is 3.59. The zero-order valence-electron chi connectivity index (χ0n) is 12.9. The van der Waals surface area contributed by atoms with Gasteiger partial charge in [0.05, 0.1) is 19.3 Å². The number of aromatic nitrogens is 1. The standard InChI is InChI=1S/C17H16N2O4/c1-11-6-5-7-12(18-11)16(20)19-10-15(17(21)22-2)23-14-9-4-3-8-13(14)19/h3-9,15H,10H2,1-2H3/t15-/m1/s1. The van der Waals surface area contributed by atoms with Crippen LogP contribution in [0.4, 0.5) is 5.69 Å². The molecule has 0 fully saturated rings. The minimum Gasteiger partial charge on any atom is -0.475 e. The number of aryl methyl sites for hydroxylation is 1. The Kier molecular flexibility index (Phi) is 3.97. The van der Waals surface area contributed by atoms with Crippen molar-refractivity contribution in [3.63, 3.8) is 0 Å². The molecule has 2 heterocycles. The number of hydrogen-bond acceptors (Lipinski definition) is 5. The molecular weight excluding hydrogens is 296 g/mol. The summed E-state index contributed by atoms with van der Waals surface area (Å²) in [5.41, 5.74) is 1.69. The Bertz CT molecular complexity index is 760. The molecule has 1 amide bonds. The van der Waals surface area contributed by atoms with Crippen LogP contribution in [-0.2, 0) is 9.53 Å². The molecule has 1 aromatic carbocycles. The topological polar surface area (TPSA) is 68.7 Å². The largest absolute Gasteiger partial charge is 0.475 e. The van der Waals surface area contributed by atoms with Gasteiger partial charge in [0, 0.05) is 5.69 Å². The molecule has 0 N–H and O–H groups in total. The number of carbonyl (C=O) groups excluding carboxylic acids is 2. The zero-order valence-corrected chi connectivity index (χ0v) is 12.9. The highest BCUT2D eigenvalue weighted by Gasteiger charge is 2.35. The van der Waals surface area contributed by atoms with Gasteiger partial charge in [-0.3, -0.25) is 9.69 Å². The second-order valence-corrected chi connectivity index (χ2v) is 5.18. The Balaban J connectivity index is 1.99. The second kappa shape index (κ2) is 6.08. The first-order valence-corrected chi connectivity index (χ1v) is 7.19. The highest BCUT2D eigenvalue weighted by atomic mass is 16.6. The predicted molar refractivity (Wildman–Crippen MR) is 83.5 cm³/mol. The highest BCUT2D eigenvalue weighted by molar-refractivity contribution is 6.06. The summed E-state index contributed by atoms with van der Waals surface area (Å²) in [6.07, 6.45) is -0.858. The van der Waals surface area contributed by atoms with Gasteiger partial charge in [-0.15, -0.1) is 0 Å². The van der Waals surface area contributed by atoms with Crippen molar-refractivity contribution >= 4 is 17.6 Å². The summed E-state index contributed by atoms with van der Waals surface area (Å²) in [7, 11) is 1.29. The van der Waals surface area contributed by atoms with Gasteiger partial charge in [0.25, 0.3) is 5.91 Å². The molecule has 0 saturated carbocycles. The summed E-state index contributed by atoms with van der Waals surface area (Å²) in [6, 6.07) is 12.3. The molecule has 0 bridgehead atoms. The van der Waals surface area contributed by atoms with Gasteiger partial charge in [0.15, 0.2) is 0 Å². The van der Waals surface area contributed by atoms with Gasteiger partial charge in [-0.2, -0.15) is 0 Å². The van der Waals surface area contributed by atoms with Crippen molar-refractivity contribution < 1.29 is 19.1 Å². The second-order valence-electron chi connectivity index (χ2n) is 5.18. The van der Waals surface area contributed by atoms with Crippen LogP contribution in [0.15, 0.2) is 42.5 Å². The molecule has 23 heavy (non-hydrogen) atoms. The van der Waals surface area contributed by atoms with Crippen LogP contribution in [0.2, 0.25) is 0 Å². The average Bonchev–Trinajstić information content (AvgIpc) is 2.59. The van der Waals surface area contributed by atoms with Crippen molar-refractivity contribution in [3.8, 4) is 5.75 Å². The number of carbonyl (C=O) groups is 2. The first-order valence-electron chi connectivity index (χ1n) is 7.19. The lowest BCUT2D eigenvalue weighted by Crippen LogP contribution is -2.47. The highest BCUT2D eigenvalue weighted by Crippen LogP contribution is 2.34. The van der Waals surface area contributed by atoms with Gasteiger partial charge >= 0.3 is 5.97 Å². The molecule has 118 valence electrons. The van der Waals surface area contributed by atoms with Crippen LogP contribution in [-0.4, -0.2) is 36.6 Å². The molecule has 0 saturated heterocycles. The van der Waals surface area contributed by atoms with E-state index in [2.05, 4.69) is 4.98 Å². The molecule has 0 radical (unpaired) electrons. The van der Waals surface area contributed by atoms with Gasteiger partial charge in [-0.1, -0.05) is 18.2 Å². The van der Waals surface area contributed by atoms with E-state index >= 15 is 0 Å². The molecule has 1 aliphatic heterocycles. The van der Waals surface area contributed by atoms with E-state index in [1.54, 1.807) is 30.3 Å². The number of pyridine rings is 1. The van der Waals surface area contributed by atoms with Gasteiger partial charge in [-0.25, -0.2) is 9.78 Å². The summed E-state index contributed by atoms with van der Waals surface area (Å²) < 4.78 is 10.4. The molecule has 1 aliphatic rings. The van der Waals surface area contributed by atoms with Crippen LogP contribution >= 0.6 is 0 Å². The Morgan fingerprint density at radius 2 is 2.00 bits per heavy atom. The first-order chi connectivity index (χ1) is 11.1. The number of methoxy groups -OCH3 is 1. The SMILES string of the molecule is COC(=O)[C@H]1CN(C(=O)c2cccc(C)n2)c2ccccc2O1. The molecule has 0 unspecified atom stereocenters. The fourth-order valence-electron chi connectivity index (χ4n) is 2.48. The fraction of sp³-hybridized carbons (Fsp3) is 0.235. The number of esters is 1. The lowest BCUT2D eigenvalue weighted by molar-refractivity contribution is -0.148. The molecule has 3 rings (SSSR count). The Morgan fingerprint density at radius 3 is 2.74 bits per heavy atom.